The fraction of sp³-hybridized carbons (Fsp3) is 0.882. The van der Waals surface area contributed by atoms with Gasteiger partial charge in [0.15, 0.2) is 0 Å². The molecule has 0 bridgehead atoms. The molecule has 2 fully saturated rings. The zero-order chi connectivity index (χ0) is 16.7. The number of carbonyl (C=O) groups excluding carboxylic acids is 1. The molecule has 2 rings (SSSR count). The van der Waals surface area contributed by atoms with Crippen molar-refractivity contribution in [1.29, 1.82) is 0 Å². The second-order valence-corrected chi connectivity index (χ2v) is 8.27. The molecule has 1 amide bonds. The molecule has 0 radical (unpaired) electrons. The fourth-order valence-corrected chi connectivity index (χ4v) is 4.20. The molecule has 1 saturated heterocycles. The number of rotatable bonds is 1. The van der Waals surface area contributed by atoms with Crippen LogP contribution >= 0.6 is 0 Å². The molecule has 1 saturated carbocycles. The topological polar surface area (TPSA) is 66.8 Å². The minimum absolute atomic E-state index is 0.265. The summed E-state index contributed by atoms with van der Waals surface area (Å²) in [6.45, 7) is 10.6. The maximum absolute atomic E-state index is 12.4. The van der Waals surface area contributed by atoms with Crippen molar-refractivity contribution in [3.8, 4) is 0 Å². The van der Waals surface area contributed by atoms with Gasteiger partial charge >= 0.3 is 12.1 Å². The number of hydrogen-bond acceptors (Lipinski definition) is 3. The number of amides is 1. The SMILES string of the molecule is CC1CCC(C)C2(C1)CN(C(=O)OC(C)(C)C)CC2C(=O)O. The first-order valence-corrected chi connectivity index (χ1v) is 8.26. The molecule has 1 heterocycles. The summed E-state index contributed by atoms with van der Waals surface area (Å²) in [5.41, 5.74) is -0.864. The van der Waals surface area contributed by atoms with Gasteiger partial charge in [0.05, 0.1) is 5.92 Å². The van der Waals surface area contributed by atoms with Crippen molar-refractivity contribution in [3.63, 3.8) is 0 Å². The second kappa shape index (κ2) is 5.74. The number of carboxylic acid groups (broad SMARTS) is 1. The van der Waals surface area contributed by atoms with Crippen LogP contribution < -0.4 is 0 Å². The van der Waals surface area contributed by atoms with Gasteiger partial charge in [0.2, 0.25) is 0 Å². The summed E-state index contributed by atoms with van der Waals surface area (Å²) in [7, 11) is 0. The van der Waals surface area contributed by atoms with Crippen LogP contribution in [0.2, 0.25) is 0 Å². The minimum Gasteiger partial charge on any atom is -0.481 e. The minimum atomic E-state index is -0.785. The normalized spacial score (nSPS) is 35.7. The molecule has 5 heteroatoms. The maximum atomic E-state index is 12.4. The molecule has 0 aromatic rings. The molecule has 4 atom stereocenters. The van der Waals surface area contributed by atoms with Crippen LogP contribution in [-0.4, -0.2) is 40.8 Å². The zero-order valence-corrected chi connectivity index (χ0v) is 14.4. The smallest absolute Gasteiger partial charge is 0.410 e. The van der Waals surface area contributed by atoms with E-state index in [1.807, 2.05) is 20.8 Å². The van der Waals surface area contributed by atoms with Crippen LogP contribution in [0, 0.1) is 23.2 Å². The van der Waals surface area contributed by atoms with Gasteiger partial charge in [0, 0.05) is 18.5 Å². The highest BCUT2D eigenvalue weighted by molar-refractivity contribution is 5.75. The van der Waals surface area contributed by atoms with Crippen molar-refractivity contribution in [2.45, 2.75) is 59.5 Å². The van der Waals surface area contributed by atoms with E-state index < -0.39 is 17.5 Å². The van der Waals surface area contributed by atoms with Crippen LogP contribution in [-0.2, 0) is 9.53 Å². The highest BCUT2D eigenvalue weighted by atomic mass is 16.6. The van der Waals surface area contributed by atoms with Crippen LogP contribution in [0.3, 0.4) is 0 Å². The first kappa shape index (κ1) is 17.1. The Morgan fingerprint density at radius 3 is 2.41 bits per heavy atom. The average Bonchev–Trinajstić information content (AvgIpc) is 2.73. The Kier molecular flexibility index (Phi) is 4.46. The molecule has 126 valence electrons. The number of nitrogens with zero attached hydrogens (tertiary/aromatic N) is 1. The lowest BCUT2D eigenvalue weighted by Crippen LogP contribution is -2.45. The standard InChI is InChI=1S/C17H29NO4/c1-11-6-7-12(2)17(8-11)10-18(9-13(17)14(19)20)15(21)22-16(3,4)5/h11-13H,6-10H2,1-5H3,(H,19,20). The van der Waals surface area contributed by atoms with Gasteiger partial charge in [-0.1, -0.05) is 20.3 Å². The van der Waals surface area contributed by atoms with E-state index in [-0.39, 0.29) is 18.1 Å². The van der Waals surface area contributed by atoms with Gasteiger partial charge in [-0.05, 0) is 45.4 Å². The van der Waals surface area contributed by atoms with Crippen molar-refractivity contribution >= 4 is 12.1 Å². The number of likely N-dealkylation sites (tertiary alicyclic amines) is 1. The maximum Gasteiger partial charge on any atom is 0.410 e. The third kappa shape index (κ3) is 3.23. The van der Waals surface area contributed by atoms with E-state index in [1.54, 1.807) is 4.90 Å². The van der Waals surface area contributed by atoms with Crippen molar-refractivity contribution in [2.24, 2.45) is 23.2 Å². The van der Waals surface area contributed by atoms with E-state index in [9.17, 15) is 14.7 Å². The number of carboxylic acids is 1. The summed E-state index contributed by atoms with van der Waals surface area (Å²) in [5, 5.41) is 9.69. The van der Waals surface area contributed by atoms with Crippen LogP contribution in [0.25, 0.3) is 0 Å². The number of aliphatic carboxylic acids is 1. The van der Waals surface area contributed by atoms with Gasteiger partial charge in [0.1, 0.15) is 5.60 Å². The van der Waals surface area contributed by atoms with Gasteiger partial charge in [-0.15, -0.1) is 0 Å². The molecule has 5 nitrogen and oxygen atoms in total. The van der Waals surface area contributed by atoms with Gasteiger partial charge < -0.3 is 14.7 Å². The molecule has 2 aliphatic rings. The van der Waals surface area contributed by atoms with Crippen molar-refractivity contribution in [2.75, 3.05) is 13.1 Å². The van der Waals surface area contributed by atoms with E-state index in [4.69, 9.17) is 4.74 Å². The molecule has 1 spiro atoms. The fourth-order valence-electron chi connectivity index (χ4n) is 4.20. The van der Waals surface area contributed by atoms with E-state index in [0.717, 1.165) is 19.3 Å². The number of ether oxygens (including phenoxy) is 1. The number of hydrogen-bond donors (Lipinski definition) is 1. The molecule has 0 aromatic carbocycles. The first-order chi connectivity index (χ1) is 10.0. The Morgan fingerprint density at radius 1 is 1.23 bits per heavy atom. The average molecular weight is 311 g/mol. The molecule has 1 aliphatic heterocycles. The van der Waals surface area contributed by atoms with E-state index >= 15 is 0 Å². The van der Waals surface area contributed by atoms with E-state index in [0.29, 0.717) is 18.4 Å². The van der Waals surface area contributed by atoms with Gasteiger partial charge in [0.25, 0.3) is 0 Å². The van der Waals surface area contributed by atoms with Crippen LogP contribution in [0.4, 0.5) is 4.79 Å². The molecule has 1 aliphatic carbocycles. The first-order valence-electron chi connectivity index (χ1n) is 8.26. The van der Waals surface area contributed by atoms with E-state index in [2.05, 4.69) is 13.8 Å². The van der Waals surface area contributed by atoms with Gasteiger partial charge in [-0.2, -0.15) is 0 Å². The molecule has 1 N–H and O–H groups in total. The van der Waals surface area contributed by atoms with Gasteiger partial charge in [-0.25, -0.2) is 4.79 Å². The zero-order valence-electron chi connectivity index (χ0n) is 14.4. The largest absolute Gasteiger partial charge is 0.481 e. The molecular weight excluding hydrogens is 282 g/mol. The third-order valence-electron chi connectivity index (χ3n) is 5.33. The summed E-state index contributed by atoms with van der Waals surface area (Å²) < 4.78 is 5.44. The van der Waals surface area contributed by atoms with Gasteiger partial charge in [-0.3, -0.25) is 4.79 Å². The molecule has 22 heavy (non-hydrogen) atoms. The molecular formula is C17H29NO4. The highest BCUT2D eigenvalue weighted by Gasteiger charge is 2.56. The Bertz CT molecular complexity index is 456. The number of carbonyl (C=O) groups is 2. The summed E-state index contributed by atoms with van der Waals surface area (Å²) >= 11 is 0. The molecule has 0 aromatic heterocycles. The Balaban J connectivity index is 2.23. The summed E-state index contributed by atoms with van der Waals surface area (Å²) in [6.07, 6.45) is 2.67. The summed E-state index contributed by atoms with van der Waals surface area (Å²) in [4.78, 5) is 25.8. The van der Waals surface area contributed by atoms with E-state index in [1.165, 1.54) is 0 Å². The lowest BCUT2D eigenvalue weighted by atomic mass is 9.59. The lowest BCUT2D eigenvalue weighted by molar-refractivity contribution is -0.147. The highest BCUT2D eigenvalue weighted by Crippen LogP contribution is 2.52. The van der Waals surface area contributed by atoms with Crippen LogP contribution in [0.5, 0.6) is 0 Å². The van der Waals surface area contributed by atoms with Crippen molar-refractivity contribution < 1.29 is 19.4 Å². The predicted molar refractivity (Wildman–Crippen MR) is 83.5 cm³/mol. The molecule has 4 unspecified atom stereocenters. The predicted octanol–water partition coefficient (Wildman–Crippen LogP) is 3.38. The van der Waals surface area contributed by atoms with Crippen LogP contribution in [0.1, 0.15) is 53.9 Å². The lowest BCUT2D eigenvalue weighted by Gasteiger charge is -2.44. The second-order valence-electron chi connectivity index (χ2n) is 8.27. The van der Waals surface area contributed by atoms with Crippen molar-refractivity contribution in [3.05, 3.63) is 0 Å². The summed E-state index contributed by atoms with van der Waals surface area (Å²) in [5.74, 6) is -0.446. The monoisotopic (exact) mass is 311 g/mol. The Labute approximate surface area is 133 Å². The summed E-state index contributed by atoms with van der Waals surface area (Å²) in [6, 6.07) is 0. The third-order valence-corrected chi connectivity index (χ3v) is 5.33. The quantitative estimate of drug-likeness (QED) is 0.806. The Hall–Kier alpha value is -1.26. The van der Waals surface area contributed by atoms with Crippen molar-refractivity contribution in [1.82, 2.24) is 4.90 Å². The van der Waals surface area contributed by atoms with Crippen LogP contribution in [0.15, 0.2) is 0 Å². The Morgan fingerprint density at radius 2 is 1.86 bits per heavy atom.